The molecular weight excluding hydrogens is 248 g/mol. The Morgan fingerprint density at radius 1 is 1.25 bits per heavy atom. The summed E-state index contributed by atoms with van der Waals surface area (Å²) < 4.78 is 0. The fourth-order valence-electron chi connectivity index (χ4n) is 2.39. The van der Waals surface area contributed by atoms with Crippen LogP contribution in [0.3, 0.4) is 0 Å². The summed E-state index contributed by atoms with van der Waals surface area (Å²) in [6.45, 7) is 5.78. The van der Waals surface area contributed by atoms with E-state index in [1.165, 1.54) is 18.4 Å². The molecule has 1 aliphatic rings. The molecule has 0 saturated heterocycles. The average molecular weight is 274 g/mol. The van der Waals surface area contributed by atoms with Crippen LogP contribution in [0.25, 0.3) is 0 Å². The molecule has 1 aliphatic carbocycles. The molecule has 3 heteroatoms. The van der Waals surface area contributed by atoms with Gasteiger partial charge < -0.3 is 10.6 Å². The highest BCUT2D eigenvalue weighted by Gasteiger charge is 2.21. The van der Waals surface area contributed by atoms with Crippen LogP contribution in [0, 0.1) is 11.8 Å². The summed E-state index contributed by atoms with van der Waals surface area (Å²) in [4.78, 5) is 12.0. The van der Waals surface area contributed by atoms with Crippen molar-refractivity contribution in [1.82, 2.24) is 10.6 Å². The summed E-state index contributed by atoms with van der Waals surface area (Å²) >= 11 is 0. The van der Waals surface area contributed by atoms with Gasteiger partial charge in [0.1, 0.15) is 0 Å². The van der Waals surface area contributed by atoms with E-state index in [2.05, 4.69) is 36.6 Å². The molecule has 1 aromatic rings. The van der Waals surface area contributed by atoms with Crippen LogP contribution < -0.4 is 10.6 Å². The lowest BCUT2D eigenvalue weighted by molar-refractivity contribution is -0.121. The second-order valence-corrected chi connectivity index (χ2v) is 6.23. The lowest BCUT2D eigenvalue weighted by atomic mass is 9.97. The number of hydrogen-bond acceptors (Lipinski definition) is 2. The molecule has 0 bridgehead atoms. The maximum absolute atomic E-state index is 12.0. The molecular formula is C17H26N2O. The first-order chi connectivity index (χ1) is 9.65. The molecule has 1 saturated carbocycles. The van der Waals surface area contributed by atoms with Crippen molar-refractivity contribution in [3.63, 3.8) is 0 Å². The zero-order valence-electron chi connectivity index (χ0n) is 12.6. The molecule has 1 unspecified atom stereocenters. The minimum Gasteiger partial charge on any atom is -0.348 e. The molecule has 0 aliphatic heterocycles. The molecule has 1 atom stereocenters. The predicted octanol–water partition coefficient (Wildman–Crippen LogP) is 2.89. The highest BCUT2D eigenvalue weighted by atomic mass is 16.1. The fraction of sp³-hybridized carbons (Fsp3) is 0.588. The fourth-order valence-corrected chi connectivity index (χ4v) is 2.39. The third kappa shape index (κ3) is 5.33. The zero-order chi connectivity index (χ0) is 14.4. The van der Waals surface area contributed by atoms with Crippen LogP contribution in [0.5, 0.6) is 0 Å². The Hall–Kier alpha value is -1.35. The van der Waals surface area contributed by atoms with E-state index in [0.29, 0.717) is 12.5 Å². The van der Waals surface area contributed by atoms with Crippen LogP contribution in [-0.4, -0.2) is 19.0 Å². The first kappa shape index (κ1) is 15.0. The van der Waals surface area contributed by atoms with Gasteiger partial charge in [-0.05, 0) is 43.2 Å². The van der Waals surface area contributed by atoms with E-state index >= 15 is 0 Å². The van der Waals surface area contributed by atoms with Crippen molar-refractivity contribution < 1.29 is 4.79 Å². The number of rotatable bonds is 8. The predicted molar refractivity (Wildman–Crippen MR) is 82.4 cm³/mol. The number of amides is 1. The van der Waals surface area contributed by atoms with E-state index in [4.69, 9.17) is 0 Å². The van der Waals surface area contributed by atoms with Gasteiger partial charge in [0.15, 0.2) is 0 Å². The number of nitrogens with one attached hydrogen (secondary N) is 2. The van der Waals surface area contributed by atoms with Crippen LogP contribution in [0.1, 0.15) is 44.7 Å². The van der Waals surface area contributed by atoms with Crippen molar-refractivity contribution in [2.24, 2.45) is 11.8 Å². The van der Waals surface area contributed by atoms with E-state index in [-0.39, 0.29) is 11.9 Å². The van der Waals surface area contributed by atoms with Crippen LogP contribution in [0.4, 0.5) is 0 Å². The highest BCUT2D eigenvalue weighted by Crippen LogP contribution is 2.27. The van der Waals surface area contributed by atoms with Crippen LogP contribution in [0.15, 0.2) is 30.3 Å². The van der Waals surface area contributed by atoms with Crippen molar-refractivity contribution in [1.29, 1.82) is 0 Å². The Labute approximate surface area is 122 Å². The summed E-state index contributed by atoms with van der Waals surface area (Å²) in [5.41, 5.74) is 1.19. The van der Waals surface area contributed by atoms with Crippen molar-refractivity contribution in [3.8, 4) is 0 Å². The number of benzene rings is 1. The molecule has 0 radical (unpaired) electrons. The van der Waals surface area contributed by atoms with E-state index in [1.807, 2.05) is 18.2 Å². The van der Waals surface area contributed by atoms with Gasteiger partial charge in [-0.15, -0.1) is 0 Å². The molecule has 3 nitrogen and oxygen atoms in total. The molecule has 20 heavy (non-hydrogen) atoms. The van der Waals surface area contributed by atoms with Gasteiger partial charge in [0.2, 0.25) is 5.91 Å². The van der Waals surface area contributed by atoms with Crippen LogP contribution in [-0.2, 0) is 4.79 Å². The second kappa shape index (κ2) is 7.44. The highest BCUT2D eigenvalue weighted by molar-refractivity contribution is 5.78. The minimum atomic E-state index is 0.0974. The van der Waals surface area contributed by atoms with Crippen molar-refractivity contribution in [2.75, 3.05) is 13.1 Å². The van der Waals surface area contributed by atoms with E-state index in [0.717, 1.165) is 18.9 Å². The van der Waals surface area contributed by atoms with Gasteiger partial charge in [0, 0.05) is 0 Å². The van der Waals surface area contributed by atoms with E-state index < -0.39 is 0 Å². The van der Waals surface area contributed by atoms with Gasteiger partial charge >= 0.3 is 0 Å². The molecule has 0 heterocycles. The smallest absolute Gasteiger partial charge is 0.234 e. The minimum absolute atomic E-state index is 0.0974. The Morgan fingerprint density at radius 3 is 2.55 bits per heavy atom. The van der Waals surface area contributed by atoms with Crippen molar-refractivity contribution >= 4 is 5.91 Å². The Morgan fingerprint density at radius 2 is 1.95 bits per heavy atom. The lowest BCUT2D eigenvalue weighted by Gasteiger charge is -2.21. The first-order valence-electron chi connectivity index (χ1n) is 7.70. The summed E-state index contributed by atoms with van der Waals surface area (Å²) in [5, 5.41) is 6.40. The van der Waals surface area contributed by atoms with E-state index in [9.17, 15) is 4.79 Å². The largest absolute Gasteiger partial charge is 0.348 e. The third-order valence-corrected chi connectivity index (χ3v) is 3.66. The summed E-state index contributed by atoms with van der Waals surface area (Å²) in [6, 6.07) is 10.4. The molecule has 2 rings (SSSR count). The topological polar surface area (TPSA) is 41.1 Å². The van der Waals surface area contributed by atoms with Gasteiger partial charge in [-0.1, -0.05) is 44.2 Å². The third-order valence-electron chi connectivity index (χ3n) is 3.66. The maximum Gasteiger partial charge on any atom is 0.234 e. The average Bonchev–Trinajstić information content (AvgIpc) is 3.23. The quantitative estimate of drug-likeness (QED) is 0.765. The summed E-state index contributed by atoms with van der Waals surface area (Å²) in [5.74, 6) is 1.46. The van der Waals surface area contributed by atoms with Gasteiger partial charge in [0.05, 0.1) is 12.6 Å². The molecule has 1 aromatic carbocycles. The molecule has 0 spiro atoms. The van der Waals surface area contributed by atoms with Gasteiger partial charge in [-0.2, -0.15) is 0 Å². The lowest BCUT2D eigenvalue weighted by Crippen LogP contribution is -2.37. The standard InChI is InChI=1S/C17H26N2O/c1-13(2)10-16(15-6-4-3-5-7-15)19-17(20)12-18-11-14-8-9-14/h3-7,13-14,16,18H,8-12H2,1-2H3,(H,19,20). The monoisotopic (exact) mass is 274 g/mol. The van der Waals surface area contributed by atoms with Crippen LogP contribution in [0.2, 0.25) is 0 Å². The van der Waals surface area contributed by atoms with Gasteiger partial charge in [0.25, 0.3) is 0 Å². The summed E-state index contributed by atoms with van der Waals surface area (Å²) in [7, 11) is 0. The van der Waals surface area contributed by atoms with Gasteiger partial charge in [-0.3, -0.25) is 4.79 Å². The molecule has 110 valence electrons. The molecule has 2 N–H and O–H groups in total. The molecule has 1 amide bonds. The van der Waals surface area contributed by atoms with Crippen LogP contribution >= 0.6 is 0 Å². The SMILES string of the molecule is CC(C)CC(NC(=O)CNCC1CC1)c1ccccc1. The molecule has 1 fully saturated rings. The van der Waals surface area contributed by atoms with Crippen molar-refractivity contribution in [2.45, 2.75) is 39.2 Å². The maximum atomic E-state index is 12.0. The Balaban J connectivity index is 1.84. The molecule has 0 aromatic heterocycles. The zero-order valence-corrected chi connectivity index (χ0v) is 12.6. The van der Waals surface area contributed by atoms with Gasteiger partial charge in [-0.25, -0.2) is 0 Å². The first-order valence-corrected chi connectivity index (χ1v) is 7.70. The van der Waals surface area contributed by atoms with E-state index in [1.54, 1.807) is 0 Å². The Bertz CT molecular complexity index is 412. The summed E-state index contributed by atoms with van der Waals surface area (Å²) in [6.07, 6.45) is 3.60. The number of carbonyl (C=O) groups excluding carboxylic acids is 1. The van der Waals surface area contributed by atoms with Crippen molar-refractivity contribution in [3.05, 3.63) is 35.9 Å². The normalized spacial score (nSPS) is 16.1. The number of carbonyl (C=O) groups is 1. The Kier molecular flexibility index (Phi) is 5.60. The number of hydrogen-bond donors (Lipinski definition) is 2. The second-order valence-electron chi connectivity index (χ2n) is 6.23.